The highest BCUT2D eigenvalue weighted by Gasteiger charge is 2.23. The lowest BCUT2D eigenvalue weighted by atomic mass is 10.0. The van der Waals surface area contributed by atoms with Crippen molar-refractivity contribution in [2.75, 3.05) is 13.1 Å². The molecule has 25 heavy (non-hydrogen) atoms. The molecule has 1 aromatic heterocycles. The molecule has 0 radical (unpaired) electrons. The standard InChI is InChI=1S/C17H16Cl2F2N2OS/c18-15-8-12(16(19)25-15)17(24)22-11-3-5-23(6-4-11)9-10-1-2-13(20)14(21)7-10/h1-2,7-8,11H,3-6,9H2,(H,22,24). The lowest BCUT2D eigenvalue weighted by Crippen LogP contribution is -2.44. The number of rotatable bonds is 4. The lowest BCUT2D eigenvalue weighted by Gasteiger charge is -2.32. The molecule has 1 N–H and O–H groups in total. The van der Waals surface area contributed by atoms with Gasteiger partial charge in [0, 0.05) is 25.7 Å². The third-order valence-corrected chi connectivity index (χ3v) is 5.70. The van der Waals surface area contributed by atoms with Gasteiger partial charge in [-0.1, -0.05) is 29.3 Å². The van der Waals surface area contributed by atoms with Gasteiger partial charge in [0.25, 0.3) is 5.91 Å². The summed E-state index contributed by atoms with van der Waals surface area (Å²) in [6, 6.07) is 5.60. The van der Waals surface area contributed by atoms with Crippen LogP contribution in [0.2, 0.25) is 8.67 Å². The Kier molecular flexibility index (Phi) is 5.94. The maximum absolute atomic E-state index is 13.3. The number of piperidine rings is 1. The van der Waals surface area contributed by atoms with Crippen LogP contribution in [0.25, 0.3) is 0 Å². The third-order valence-electron chi connectivity index (χ3n) is 4.21. The molecule has 0 aliphatic carbocycles. The Balaban J connectivity index is 1.50. The molecule has 3 rings (SSSR count). The van der Waals surface area contributed by atoms with Gasteiger partial charge in [-0.3, -0.25) is 9.69 Å². The van der Waals surface area contributed by atoms with Gasteiger partial charge in [-0.25, -0.2) is 8.78 Å². The number of thiophene rings is 1. The molecule has 1 fully saturated rings. The van der Waals surface area contributed by atoms with Crippen molar-refractivity contribution in [2.45, 2.75) is 25.4 Å². The molecule has 8 heteroatoms. The van der Waals surface area contributed by atoms with Gasteiger partial charge < -0.3 is 5.32 Å². The number of halogens is 4. The fourth-order valence-electron chi connectivity index (χ4n) is 2.89. The topological polar surface area (TPSA) is 32.3 Å². The number of hydrogen-bond donors (Lipinski definition) is 1. The van der Waals surface area contributed by atoms with Gasteiger partial charge in [0.1, 0.15) is 4.34 Å². The monoisotopic (exact) mass is 404 g/mol. The van der Waals surface area contributed by atoms with Crippen LogP contribution in [0, 0.1) is 11.6 Å². The second kappa shape index (κ2) is 7.99. The van der Waals surface area contributed by atoms with E-state index < -0.39 is 11.6 Å². The van der Waals surface area contributed by atoms with Gasteiger partial charge >= 0.3 is 0 Å². The van der Waals surface area contributed by atoms with Crippen molar-refractivity contribution in [3.05, 3.63) is 55.7 Å². The van der Waals surface area contributed by atoms with E-state index in [0.29, 0.717) is 20.8 Å². The summed E-state index contributed by atoms with van der Waals surface area (Å²) in [4.78, 5) is 14.4. The van der Waals surface area contributed by atoms with Crippen LogP contribution in [0.3, 0.4) is 0 Å². The Morgan fingerprint density at radius 1 is 1.20 bits per heavy atom. The van der Waals surface area contributed by atoms with Gasteiger partial charge in [-0.2, -0.15) is 0 Å². The number of carbonyl (C=O) groups excluding carboxylic acids is 1. The third kappa shape index (κ3) is 4.70. The number of likely N-dealkylation sites (tertiary alicyclic amines) is 1. The summed E-state index contributed by atoms with van der Waals surface area (Å²) in [6.07, 6.45) is 1.57. The van der Waals surface area contributed by atoms with E-state index in [2.05, 4.69) is 10.2 Å². The minimum Gasteiger partial charge on any atom is -0.349 e. The zero-order valence-corrected chi connectivity index (χ0v) is 15.5. The molecule has 134 valence electrons. The van der Waals surface area contributed by atoms with Crippen LogP contribution in [-0.4, -0.2) is 29.9 Å². The minimum atomic E-state index is -0.836. The Bertz CT molecular complexity index is 776. The van der Waals surface area contributed by atoms with E-state index >= 15 is 0 Å². The molecule has 0 unspecified atom stereocenters. The van der Waals surface area contributed by atoms with E-state index in [4.69, 9.17) is 23.2 Å². The number of hydrogen-bond acceptors (Lipinski definition) is 3. The van der Waals surface area contributed by atoms with E-state index in [1.807, 2.05) is 0 Å². The van der Waals surface area contributed by atoms with Crippen LogP contribution < -0.4 is 5.32 Å². The number of nitrogens with one attached hydrogen (secondary N) is 1. The first-order chi connectivity index (χ1) is 11.9. The minimum absolute atomic E-state index is 0.0587. The second-order valence-electron chi connectivity index (χ2n) is 6.01. The van der Waals surface area contributed by atoms with E-state index in [0.717, 1.165) is 37.6 Å². The molecule has 0 spiro atoms. The highest BCUT2D eigenvalue weighted by Crippen LogP contribution is 2.31. The normalized spacial score (nSPS) is 16.2. The SMILES string of the molecule is O=C(NC1CCN(Cc2ccc(F)c(F)c2)CC1)c1cc(Cl)sc1Cl. The van der Waals surface area contributed by atoms with E-state index in [9.17, 15) is 13.6 Å². The van der Waals surface area contributed by atoms with Crippen molar-refractivity contribution in [3.63, 3.8) is 0 Å². The van der Waals surface area contributed by atoms with E-state index in [1.165, 1.54) is 17.4 Å². The fraction of sp³-hybridized carbons (Fsp3) is 0.353. The first kappa shape index (κ1) is 18.6. The van der Waals surface area contributed by atoms with Crippen molar-refractivity contribution < 1.29 is 13.6 Å². The lowest BCUT2D eigenvalue weighted by molar-refractivity contribution is 0.0909. The number of carbonyl (C=O) groups is 1. The zero-order chi connectivity index (χ0) is 18.0. The quantitative estimate of drug-likeness (QED) is 0.798. The Hall–Kier alpha value is -1.21. The molecule has 1 aromatic carbocycles. The average Bonchev–Trinajstić information content (AvgIpc) is 2.91. The van der Waals surface area contributed by atoms with Crippen molar-refractivity contribution in [3.8, 4) is 0 Å². The molecule has 2 aromatic rings. The molecular formula is C17H16Cl2F2N2OS. The van der Waals surface area contributed by atoms with Crippen LogP contribution >= 0.6 is 34.5 Å². The summed E-state index contributed by atoms with van der Waals surface area (Å²) < 4.78 is 27.1. The summed E-state index contributed by atoms with van der Waals surface area (Å²) in [7, 11) is 0. The molecule has 1 saturated heterocycles. The van der Waals surface area contributed by atoms with Crippen molar-refractivity contribution in [1.82, 2.24) is 10.2 Å². The summed E-state index contributed by atoms with van der Waals surface area (Å²) in [5, 5.41) is 2.98. The first-order valence-electron chi connectivity index (χ1n) is 7.84. The fourth-order valence-corrected chi connectivity index (χ4v) is 4.35. The van der Waals surface area contributed by atoms with Crippen molar-refractivity contribution in [1.29, 1.82) is 0 Å². The highest BCUT2D eigenvalue weighted by atomic mass is 35.5. The average molecular weight is 405 g/mol. The summed E-state index contributed by atoms with van der Waals surface area (Å²) >= 11 is 13.0. The number of benzene rings is 1. The van der Waals surface area contributed by atoms with Crippen LogP contribution in [0.5, 0.6) is 0 Å². The smallest absolute Gasteiger partial charge is 0.253 e. The Morgan fingerprint density at radius 2 is 1.92 bits per heavy atom. The van der Waals surface area contributed by atoms with Crippen LogP contribution in [0.15, 0.2) is 24.3 Å². The zero-order valence-electron chi connectivity index (χ0n) is 13.2. The van der Waals surface area contributed by atoms with E-state index in [-0.39, 0.29) is 11.9 Å². The van der Waals surface area contributed by atoms with Crippen molar-refractivity contribution >= 4 is 40.4 Å². The van der Waals surface area contributed by atoms with Gasteiger partial charge in [-0.05, 0) is 36.6 Å². The van der Waals surface area contributed by atoms with Gasteiger partial charge in [0.15, 0.2) is 11.6 Å². The summed E-state index contributed by atoms with van der Waals surface area (Å²) in [5.74, 6) is -1.88. The van der Waals surface area contributed by atoms with Gasteiger partial charge in [0.05, 0.1) is 9.90 Å². The molecule has 2 heterocycles. The predicted octanol–water partition coefficient (Wildman–Crippen LogP) is 4.73. The van der Waals surface area contributed by atoms with Crippen molar-refractivity contribution in [2.24, 2.45) is 0 Å². The first-order valence-corrected chi connectivity index (χ1v) is 9.41. The molecule has 0 saturated carbocycles. The van der Waals surface area contributed by atoms with Gasteiger partial charge in [0.2, 0.25) is 0 Å². The number of nitrogens with zero attached hydrogens (tertiary/aromatic N) is 1. The van der Waals surface area contributed by atoms with Gasteiger partial charge in [-0.15, -0.1) is 11.3 Å². The molecule has 1 amide bonds. The second-order valence-corrected chi connectivity index (χ2v) is 8.30. The molecular weight excluding hydrogens is 389 g/mol. The molecule has 0 atom stereocenters. The largest absolute Gasteiger partial charge is 0.349 e. The molecule has 0 bridgehead atoms. The number of amides is 1. The Morgan fingerprint density at radius 3 is 2.52 bits per heavy atom. The predicted molar refractivity (Wildman–Crippen MR) is 96.5 cm³/mol. The molecule has 1 aliphatic rings. The highest BCUT2D eigenvalue weighted by molar-refractivity contribution is 7.20. The van der Waals surface area contributed by atoms with Crippen LogP contribution in [0.4, 0.5) is 8.78 Å². The molecule has 3 nitrogen and oxygen atoms in total. The van der Waals surface area contributed by atoms with E-state index in [1.54, 1.807) is 12.1 Å². The molecule has 1 aliphatic heterocycles. The maximum Gasteiger partial charge on any atom is 0.253 e. The maximum atomic E-state index is 13.3. The summed E-state index contributed by atoms with van der Waals surface area (Å²) in [5.41, 5.74) is 1.14. The Labute approximate surface area is 158 Å². The summed E-state index contributed by atoms with van der Waals surface area (Å²) in [6.45, 7) is 2.09. The van der Waals surface area contributed by atoms with Crippen LogP contribution in [0.1, 0.15) is 28.8 Å². The van der Waals surface area contributed by atoms with Crippen LogP contribution in [-0.2, 0) is 6.54 Å².